The number of hydrogen-bond donors (Lipinski definition) is 1. The first-order chi connectivity index (χ1) is 11.2. The van der Waals surface area contributed by atoms with E-state index in [1.165, 1.54) is 5.56 Å². The zero-order valence-corrected chi connectivity index (χ0v) is 16.9. The van der Waals surface area contributed by atoms with Gasteiger partial charge in [-0.25, -0.2) is 0 Å². The number of thioether (sulfide) groups is 1. The van der Waals surface area contributed by atoms with E-state index in [0.717, 1.165) is 38.2 Å². The van der Waals surface area contributed by atoms with E-state index < -0.39 is 0 Å². The van der Waals surface area contributed by atoms with Crippen molar-refractivity contribution in [3.63, 3.8) is 0 Å². The predicted octanol–water partition coefficient (Wildman–Crippen LogP) is 4.33. The molecule has 1 aliphatic rings. The molecule has 134 valence electrons. The van der Waals surface area contributed by atoms with E-state index in [1.54, 1.807) is 11.8 Å². The molecule has 0 aromatic heterocycles. The number of nitrogens with zero attached hydrogens (tertiary/aromatic N) is 1. The Morgan fingerprint density at radius 3 is 2.13 bits per heavy atom. The second-order valence-corrected chi connectivity index (χ2v) is 5.32. The molecule has 1 aromatic rings. The molecular formula is C19H36N2OS. The van der Waals surface area contributed by atoms with Crippen molar-refractivity contribution >= 4 is 17.7 Å². The van der Waals surface area contributed by atoms with E-state index in [4.69, 9.17) is 0 Å². The summed E-state index contributed by atoms with van der Waals surface area (Å²) in [6, 6.07) is 7.94. The normalized spacial score (nSPS) is 12.6. The molecular weight excluding hydrogens is 304 g/mol. The molecule has 1 N–H and O–H groups in total. The molecule has 0 bridgehead atoms. The standard InChI is InChI=1S/C13H18N2O.C2H6S.2C2H6/c1-2-11-4-3-5-12(10-11)13(16)15-8-6-14-7-9-15;1-3-2;2*1-2/h3-5,10,14H,2,6-9H2,1H3;1-2H3;2*1-2H3. The summed E-state index contributed by atoms with van der Waals surface area (Å²) < 4.78 is 0. The molecule has 3 nitrogen and oxygen atoms in total. The highest BCUT2D eigenvalue weighted by atomic mass is 32.2. The monoisotopic (exact) mass is 340 g/mol. The number of carbonyl (C=O) groups excluding carboxylic acids is 1. The second kappa shape index (κ2) is 17.4. The third-order valence-corrected chi connectivity index (χ3v) is 2.99. The highest BCUT2D eigenvalue weighted by Crippen LogP contribution is 2.09. The Balaban J connectivity index is 0. The molecule has 1 aromatic carbocycles. The van der Waals surface area contributed by atoms with Crippen LogP contribution in [0.15, 0.2) is 24.3 Å². The van der Waals surface area contributed by atoms with E-state index in [-0.39, 0.29) is 5.91 Å². The van der Waals surface area contributed by atoms with Crippen molar-refractivity contribution in [3.05, 3.63) is 35.4 Å². The summed E-state index contributed by atoms with van der Waals surface area (Å²) >= 11 is 1.75. The van der Waals surface area contributed by atoms with Crippen LogP contribution in [0.25, 0.3) is 0 Å². The third kappa shape index (κ3) is 10.4. The van der Waals surface area contributed by atoms with Crippen LogP contribution in [0.2, 0.25) is 0 Å². The fourth-order valence-electron chi connectivity index (χ4n) is 1.97. The molecule has 1 saturated heterocycles. The molecule has 1 fully saturated rings. The Bertz CT molecular complexity index is 391. The summed E-state index contributed by atoms with van der Waals surface area (Å²) in [6.07, 6.45) is 5.06. The predicted molar refractivity (Wildman–Crippen MR) is 107 cm³/mol. The maximum Gasteiger partial charge on any atom is 0.253 e. The Morgan fingerprint density at radius 2 is 1.65 bits per heavy atom. The molecule has 4 heteroatoms. The first-order valence-electron chi connectivity index (χ1n) is 8.72. The summed E-state index contributed by atoms with van der Waals surface area (Å²) in [7, 11) is 0. The lowest BCUT2D eigenvalue weighted by Gasteiger charge is -2.27. The van der Waals surface area contributed by atoms with Gasteiger partial charge in [-0.15, -0.1) is 0 Å². The van der Waals surface area contributed by atoms with Crippen molar-refractivity contribution in [1.82, 2.24) is 10.2 Å². The maximum absolute atomic E-state index is 12.2. The molecule has 1 heterocycles. The molecule has 1 amide bonds. The van der Waals surface area contributed by atoms with Crippen molar-refractivity contribution < 1.29 is 4.79 Å². The van der Waals surface area contributed by atoms with Crippen LogP contribution < -0.4 is 5.32 Å². The summed E-state index contributed by atoms with van der Waals surface area (Å²) in [5, 5.41) is 3.25. The van der Waals surface area contributed by atoms with Gasteiger partial charge in [-0.05, 0) is 36.6 Å². The quantitative estimate of drug-likeness (QED) is 0.870. The van der Waals surface area contributed by atoms with Crippen LogP contribution in [0.5, 0.6) is 0 Å². The number of amides is 1. The average molecular weight is 341 g/mol. The van der Waals surface area contributed by atoms with Crippen LogP contribution in [-0.4, -0.2) is 49.5 Å². The molecule has 0 radical (unpaired) electrons. The summed E-state index contributed by atoms with van der Waals surface area (Å²) in [5.74, 6) is 0.164. The van der Waals surface area contributed by atoms with Crippen LogP contribution in [0.1, 0.15) is 50.5 Å². The van der Waals surface area contributed by atoms with Gasteiger partial charge in [0.15, 0.2) is 0 Å². The summed E-state index contributed by atoms with van der Waals surface area (Å²) in [6.45, 7) is 13.5. The smallest absolute Gasteiger partial charge is 0.253 e. The van der Waals surface area contributed by atoms with Gasteiger partial charge < -0.3 is 10.2 Å². The van der Waals surface area contributed by atoms with Crippen molar-refractivity contribution in [2.75, 3.05) is 38.7 Å². The molecule has 0 unspecified atom stereocenters. The van der Waals surface area contributed by atoms with Crippen LogP contribution in [0.4, 0.5) is 0 Å². The highest BCUT2D eigenvalue weighted by molar-refractivity contribution is 7.97. The number of carbonyl (C=O) groups is 1. The van der Waals surface area contributed by atoms with Crippen LogP contribution in [-0.2, 0) is 6.42 Å². The van der Waals surface area contributed by atoms with Gasteiger partial charge >= 0.3 is 0 Å². The van der Waals surface area contributed by atoms with Crippen molar-refractivity contribution in [2.24, 2.45) is 0 Å². The number of piperazine rings is 1. The number of hydrogen-bond acceptors (Lipinski definition) is 3. The molecule has 0 aliphatic carbocycles. The fourth-order valence-corrected chi connectivity index (χ4v) is 1.97. The van der Waals surface area contributed by atoms with E-state index >= 15 is 0 Å². The molecule has 0 atom stereocenters. The molecule has 1 aliphatic heterocycles. The number of aryl methyl sites for hydroxylation is 1. The van der Waals surface area contributed by atoms with E-state index in [1.807, 2.05) is 63.3 Å². The second-order valence-electron chi connectivity index (χ2n) is 4.50. The van der Waals surface area contributed by atoms with Gasteiger partial charge in [0.2, 0.25) is 0 Å². The third-order valence-electron chi connectivity index (χ3n) is 2.99. The van der Waals surface area contributed by atoms with Crippen molar-refractivity contribution in [3.8, 4) is 0 Å². The minimum atomic E-state index is 0.164. The van der Waals surface area contributed by atoms with Gasteiger partial charge in [-0.3, -0.25) is 4.79 Å². The molecule has 23 heavy (non-hydrogen) atoms. The van der Waals surface area contributed by atoms with Gasteiger partial charge in [0.1, 0.15) is 0 Å². The van der Waals surface area contributed by atoms with Gasteiger partial charge in [-0.1, -0.05) is 46.8 Å². The van der Waals surface area contributed by atoms with E-state index in [0.29, 0.717) is 0 Å². The lowest BCUT2D eigenvalue weighted by Crippen LogP contribution is -2.46. The van der Waals surface area contributed by atoms with Crippen molar-refractivity contribution in [2.45, 2.75) is 41.0 Å². The molecule has 0 spiro atoms. The number of nitrogens with one attached hydrogen (secondary N) is 1. The lowest BCUT2D eigenvalue weighted by atomic mass is 10.1. The minimum absolute atomic E-state index is 0.164. The summed E-state index contributed by atoms with van der Waals surface area (Å²) in [5.41, 5.74) is 2.04. The Morgan fingerprint density at radius 1 is 1.13 bits per heavy atom. The van der Waals surface area contributed by atoms with Crippen LogP contribution >= 0.6 is 11.8 Å². The molecule has 0 saturated carbocycles. The van der Waals surface area contributed by atoms with Crippen molar-refractivity contribution in [1.29, 1.82) is 0 Å². The summed E-state index contributed by atoms with van der Waals surface area (Å²) in [4.78, 5) is 14.1. The Hall–Kier alpha value is -1.00. The SMILES string of the molecule is CC.CC.CCc1cccc(C(=O)N2CCNCC2)c1.CSC. The Kier molecular flexibility index (Phi) is 18.3. The van der Waals surface area contributed by atoms with Gasteiger partial charge in [0.05, 0.1) is 0 Å². The first kappa shape index (κ1) is 24.3. The lowest BCUT2D eigenvalue weighted by molar-refractivity contribution is 0.0735. The molecule has 2 rings (SSSR count). The van der Waals surface area contributed by atoms with Gasteiger partial charge in [0, 0.05) is 31.7 Å². The minimum Gasteiger partial charge on any atom is -0.336 e. The van der Waals surface area contributed by atoms with E-state index in [2.05, 4.69) is 18.3 Å². The first-order valence-corrected chi connectivity index (χ1v) is 10.3. The Labute approximate surface area is 148 Å². The van der Waals surface area contributed by atoms with Crippen LogP contribution in [0.3, 0.4) is 0 Å². The zero-order valence-electron chi connectivity index (χ0n) is 16.1. The topological polar surface area (TPSA) is 32.3 Å². The zero-order chi connectivity index (χ0) is 18.1. The van der Waals surface area contributed by atoms with Gasteiger partial charge in [0.25, 0.3) is 5.91 Å². The number of rotatable bonds is 2. The van der Waals surface area contributed by atoms with Crippen LogP contribution in [0, 0.1) is 0 Å². The maximum atomic E-state index is 12.2. The van der Waals surface area contributed by atoms with Gasteiger partial charge in [-0.2, -0.15) is 11.8 Å². The average Bonchev–Trinajstić information content (AvgIpc) is 2.66. The largest absolute Gasteiger partial charge is 0.336 e. The van der Waals surface area contributed by atoms with E-state index in [9.17, 15) is 4.79 Å². The number of benzene rings is 1. The fraction of sp³-hybridized carbons (Fsp3) is 0.632. The highest BCUT2D eigenvalue weighted by Gasteiger charge is 2.17.